The van der Waals surface area contributed by atoms with Crippen molar-refractivity contribution < 1.29 is 13.6 Å². The van der Waals surface area contributed by atoms with E-state index in [1.807, 2.05) is 0 Å². The SMILES string of the molecule is C=CCn1c(SCC(=O)Nc2ccc(F)cc2F)nc2sccc2c1=O. The van der Waals surface area contributed by atoms with Gasteiger partial charge in [-0.15, -0.1) is 17.9 Å². The molecule has 0 spiro atoms. The number of aromatic nitrogens is 2. The van der Waals surface area contributed by atoms with Crippen LogP contribution in [0.25, 0.3) is 10.2 Å². The molecule has 26 heavy (non-hydrogen) atoms. The fourth-order valence-electron chi connectivity index (χ4n) is 2.24. The van der Waals surface area contributed by atoms with Crippen molar-refractivity contribution in [3.63, 3.8) is 0 Å². The number of allylic oxidation sites excluding steroid dienone is 1. The van der Waals surface area contributed by atoms with Crippen LogP contribution in [0.15, 0.2) is 52.3 Å². The first kappa shape index (κ1) is 18.3. The van der Waals surface area contributed by atoms with Crippen LogP contribution < -0.4 is 10.9 Å². The Labute approximate surface area is 155 Å². The number of benzene rings is 1. The summed E-state index contributed by atoms with van der Waals surface area (Å²) >= 11 is 2.39. The van der Waals surface area contributed by atoms with E-state index in [0.29, 0.717) is 21.4 Å². The predicted molar refractivity (Wildman–Crippen MR) is 99.8 cm³/mol. The van der Waals surface area contributed by atoms with Crippen molar-refractivity contribution in [3.05, 3.63) is 64.3 Å². The van der Waals surface area contributed by atoms with Gasteiger partial charge in [-0.25, -0.2) is 13.8 Å². The number of thiophene rings is 1. The van der Waals surface area contributed by atoms with E-state index >= 15 is 0 Å². The van der Waals surface area contributed by atoms with E-state index in [4.69, 9.17) is 0 Å². The Hall–Kier alpha value is -2.52. The molecule has 0 unspecified atom stereocenters. The first-order valence-corrected chi connectivity index (χ1v) is 9.32. The molecule has 134 valence electrons. The van der Waals surface area contributed by atoms with Gasteiger partial charge in [0.05, 0.1) is 16.8 Å². The van der Waals surface area contributed by atoms with Crippen LogP contribution in [0.2, 0.25) is 0 Å². The van der Waals surface area contributed by atoms with Crippen LogP contribution in [0.1, 0.15) is 0 Å². The summed E-state index contributed by atoms with van der Waals surface area (Å²) in [5.74, 6) is -2.16. The molecular formula is C17H13F2N3O2S2. The second-order valence-electron chi connectivity index (χ2n) is 5.20. The first-order chi connectivity index (χ1) is 12.5. The molecular weight excluding hydrogens is 380 g/mol. The monoisotopic (exact) mass is 393 g/mol. The number of carbonyl (C=O) groups excluding carboxylic acids is 1. The van der Waals surface area contributed by atoms with Gasteiger partial charge in [-0.3, -0.25) is 14.2 Å². The lowest BCUT2D eigenvalue weighted by molar-refractivity contribution is -0.113. The van der Waals surface area contributed by atoms with Crippen molar-refractivity contribution in [3.8, 4) is 0 Å². The Balaban J connectivity index is 1.78. The van der Waals surface area contributed by atoms with Crippen LogP contribution in [0, 0.1) is 11.6 Å². The molecule has 0 bridgehead atoms. The quantitative estimate of drug-likeness (QED) is 0.394. The van der Waals surface area contributed by atoms with Gasteiger partial charge < -0.3 is 5.32 Å². The molecule has 0 atom stereocenters. The Bertz CT molecular complexity index is 1050. The zero-order chi connectivity index (χ0) is 18.7. The summed E-state index contributed by atoms with van der Waals surface area (Å²) in [6.07, 6.45) is 1.57. The number of nitrogens with one attached hydrogen (secondary N) is 1. The molecule has 0 aliphatic heterocycles. The number of nitrogens with zero attached hydrogens (tertiary/aromatic N) is 2. The van der Waals surface area contributed by atoms with Crippen LogP contribution in [0.5, 0.6) is 0 Å². The zero-order valence-electron chi connectivity index (χ0n) is 13.4. The van der Waals surface area contributed by atoms with Crippen molar-refractivity contribution >= 4 is 44.9 Å². The molecule has 1 aromatic carbocycles. The maximum atomic E-state index is 13.6. The number of rotatable bonds is 6. The van der Waals surface area contributed by atoms with Crippen LogP contribution in [0.3, 0.4) is 0 Å². The highest BCUT2D eigenvalue weighted by Crippen LogP contribution is 2.22. The minimum atomic E-state index is -0.856. The number of halogens is 2. The number of carbonyl (C=O) groups is 1. The van der Waals surface area contributed by atoms with Crippen LogP contribution in [-0.2, 0) is 11.3 Å². The summed E-state index contributed by atoms with van der Waals surface area (Å²) in [6, 6.07) is 4.60. The predicted octanol–water partition coefficient (Wildman–Crippen LogP) is 3.65. The lowest BCUT2D eigenvalue weighted by Crippen LogP contribution is -2.23. The molecule has 9 heteroatoms. The molecule has 0 saturated carbocycles. The van der Waals surface area contributed by atoms with Crippen LogP contribution >= 0.6 is 23.1 Å². The molecule has 0 fully saturated rings. The molecule has 3 aromatic rings. The number of amides is 1. The van der Waals surface area contributed by atoms with E-state index in [-0.39, 0.29) is 23.5 Å². The Morgan fingerprint density at radius 3 is 2.92 bits per heavy atom. The van der Waals surface area contributed by atoms with Crippen molar-refractivity contribution in [2.24, 2.45) is 0 Å². The first-order valence-electron chi connectivity index (χ1n) is 7.46. The van der Waals surface area contributed by atoms with E-state index in [2.05, 4.69) is 16.9 Å². The third kappa shape index (κ3) is 3.83. The smallest absolute Gasteiger partial charge is 0.263 e. The van der Waals surface area contributed by atoms with E-state index in [1.165, 1.54) is 15.9 Å². The number of hydrogen-bond acceptors (Lipinski definition) is 5. The van der Waals surface area contributed by atoms with Gasteiger partial charge in [0, 0.05) is 12.6 Å². The van der Waals surface area contributed by atoms with Gasteiger partial charge in [0.15, 0.2) is 5.16 Å². The second kappa shape index (κ2) is 7.79. The summed E-state index contributed by atoms with van der Waals surface area (Å²) in [6.45, 7) is 3.89. The normalized spacial score (nSPS) is 10.8. The van der Waals surface area contributed by atoms with Gasteiger partial charge >= 0.3 is 0 Å². The average Bonchev–Trinajstić information content (AvgIpc) is 3.07. The summed E-state index contributed by atoms with van der Waals surface area (Å²) in [5.41, 5.74) is -0.314. The average molecular weight is 393 g/mol. The van der Waals surface area contributed by atoms with Gasteiger partial charge in [0.25, 0.3) is 5.56 Å². The number of hydrogen-bond donors (Lipinski definition) is 1. The Morgan fingerprint density at radius 1 is 1.38 bits per heavy atom. The highest BCUT2D eigenvalue weighted by Gasteiger charge is 2.14. The maximum Gasteiger partial charge on any atom is 0.263 e. The fraction of sp³-hybridized carbons (Fsp3) is 0.118. The molecule has 1 amide bonds. The van der Waals surface area contributed by atoms with E-state index in [9.17, 15) is 18.4 Å². The number of thioether (sulfide) groups is 1. The highest BCUT2D eigenvalue weighted by molar-refractivity contribution is 7.99. The molecule has 3 rings (SSSR count). The minimum absolute atomic E-state index is 0.0860. The molecule has 0 aliphatic rings. The molecule has 2 aromatic heterocycles. The van der Waals surface area contributed by atoms with Gasteiger partial charge in [-0.05, 0) is 23.6 Å². The zero-order valence-corrected chi connectivity index (χ0v) is 15.0. The maximum absolute atomic E-state index is 13.6. The lowest BCUT2D eigenvalue weighted by atomic mass is 10.3. The standard InChI is InChI=1S/C17H13F2N3O2S2/c1-2-6-22-16(24)11-5-7-25-15(11)21-17(22)26-9-14(23)20-13-4-3-10(18)8-12(13)19/h2-5,7-8H,1,6,9H2,(H,20,23). The molecule has 1 N–H and O–H groups in total. The molecule has 0 radical (unpaired) electrons. The molecule has 0 aliphatic carbocycles. The van der Waals surface area contributed by atoms with Crippen LogP contribution in [0.4, 0.5) is 14.5 Å². The van der Waals surface area contributed by atoms with Gasteiger partial charge in [-0.2, -0.15) is 0 Å². The summed E-state index contributed by atoms with van der Waals surface area (Å²) < 4.78 is 27.9. The van der Waals surface area contributed by atoms with Crippen molar-refractivity contribution in [1.29, 1.82) is 0 Å². The van der Waals surface area contributed by atoms with Gasteiger partial charge in [0.1, 0.15) is 16.5 Å². The summed E-state index contributed by atoms with van der Waals surface area (Å²) in [7, 11) is 0. The third-order valence-electron chi connectivity index (χ3n) is 3.40. The molecule has 0 saturated heterocycles. The van der Waals surface area contributed by atoms with Crippen molar-refractivity contribution in [2.45, 2.75) is 11.7 Å². The topological polar surface area (TPSA) is 64.0 Å². The van der Waals surface area contributed by atoms with Crippen molar-refractivity contribution in [1.82, 2.24) is 9.55 Å². The highest BCUT2D eigenvalue weighted by atomic mass is 32.2. The van der Waals surface area contributed by atoms with E-state index < -0.39 is 17.5 Å². The van der Waals surface area contributed by atoms with Crippen molar-refractivity contribution in [2.75, 3.05) is 11.1 Å². The number of anilines is 1. The third-order valence-corrected chi connectivity index (χ3v) is 5.18. The Morgan fingerprint density at radius 2 is 2.19 bits per heavy atom. The van der Waals surface area contributed by atoms with Gasteiger partial charge in [0.2, 0.25) is 5.91 Å². The second-order valence-corrected chi connectivity index (χ2v) is 7.04. The molecule has 2 heterocycles. The number of fused-ring (bicyclic) bond motifs is 1. The lowest BCUT2D eigenvalue weighted by Gasteiger charge is -2.10. The van der Waals surface area contributed by atoms with E-state index in [0.717, 1.165) is 23.9 Å². The fourth-order valence-corrected chi connectivity index (χ4v) is 3.85. The van der Waals surface area contributed by atoms with E-state index in [1.54, 1.807) is 17.5 Å². The Kier molecular flexibility index (Phi) is 5.48. The minimum Gasteiger partial charge on any atom is -0.323 e. The van der Waals surface area contributed by atoms with Gasteiger partial charge in [-0.1, -0.05) is 17.8 Å². The summed E-state index contributed by atoms with van der Waals surface area (Å²) in [4.78, 5) is 29.6. The van der Waals surface area contributed by atoms with Crippen LogP contribution in [-0.4, -0.2) is 21.2 Å². The summed E-state index contributed by atoms with van der Waals surface area (Å²) in [5, 5.41) is 5.03. The molecule has 5 nitrogen and oxygen atoms in total. The largest absolute Gasteiger partial charge is 0.323 e.